The Bertz CT molecular complexity index is 1060. The van der Waals surface area contributed by atoms with Crippen LogP contribution >= 0.6 is 11.3 Å². The lowest BCUT2D eigenvalue weighted by Gasteiger charge is -2.05. The van der Waals surface area contributed by atoms with E-state index in [0.29, 0.717) is 6.61 Å². The first kappa shape index (κ1) is 19.0. The van der Waals surface area contributed by atoms with Gasteiger partial charge in [-0.1, -0.05) is 41.7 Å². The minimum absolute atomic E-state index is 0.658. The third-order valence-corrected chi connectivity index (χ3v) is 5.46. The number of ether oxygens (including phenoxy) is 2. The second-order valence-corrected chi connectivity index (χ2v) is 7.37. The van der Waals surface area contributed by atoms with Crippen LogP contribution in [0.1, 0.15) is 6.92 Å². The molecule has 0 saturated carbocycles. The van der Waals surface area contributed by atoms with E-state index < -0.39 is 0 Å². The number of nitrogens with one attached hydrogen (secondary N) is 1. The van der Waals surface area contributed by atoms with E-state index in [1.807, 2.05) is 73.7 Å². The number of thiazole rings is 1. The van der Waals surface area contributed by atoms with Crippen LogP contribution in [0.2, 0.25) is 0 Å². The number of hydrogen-bond donors (Lipinski definition) is 1. The molecule has 0 bridgehead atoms. The monoisotopic (exact) mass is 402 g/mol. The summed E-state index contributed by atoms with van der Waals surface area (Å²) in [5.41, 5.74) is 4.14. The van der Waals surface area contributed by atoms with Crippen LogP contribution in [0.3, 0.4) is 0 Å². The lowest BCUT2D eigenvalue weighted by Crippen LogP contribution is -1.93. The maximum absolute atomic E-state index is 5.52. The fraction of sp³-hybridized carbons (Fsp3) is 0.125. The number of anilines is 2. The highest BCUT2D eigenvalue weighted by Gasteiger charge is 2.15. The first-order valence-electron chi connectivity index (χ1n) is 9.47. The molecule has 0 saturated heterocycles. The Morgan fingerprint density at radius 1 is 0.828 bits per heavy atom. The van der Waals surface area contributed by atoms with Crippen LogP contribution in [-0.2, 0) is 0 Å². The molecule has 4 nitrogen and oxygen atoms in total. The van der Waals surface area contributed by atoms with Gasteiger partial charge in [-0.05, 0) is 61.0 Å². The Labute approximate surface area is 174 Å². The molecule has 4 aromatic rings. The summed E-state index contributed by atoms with van der Waals surface area (Å²) in [5.74, 6) is 1.69. The summed E-state index contributed by atoms with van der Waals surface area (Å²) in [5, 5.41) is 4.27. The van der Waals surface area contributed by atoms with Crippen LogP contribution in [-0.4, -0.2) is 18.7 Å². The summed E-state index contributed by atoms with van der Waals surface area (Å²) < 4.78 is 10.8. The molecule has 0 unspecified atom stereocenters. The highest BCUT2D eigenvalue weighted by Crippen LogP contribution is 2.40. The molecular formula is C24H22N2O2S. The molecular weight excluding hydrogens is 380 g/mol. The van der Waals surface area contributed by atoms with E-state index in [-0.39, 0.29) is 0 Å². The summed E-state index contributed by atoms with van der Waals surface area (Å²) >= 11 is 1.64. The zero-order valence-corrected chi connectivity index (χ0v) is 17.2. The van der Waals surface area contributed by atoms with Crippen molar-refractivity contribution in [2.75, 3.05) is 19.0 Å². The van der Waals surface area contributed by atoms with E-state index in [2.05, 4.69) is 17.4 Å². The van der Waals surface area contributed by atoms with Crippen molar-refractivity contribution in [1.29, 1.82) is 0 Å². The highest BCUT2D eigenvalue weighted by molar-refractivity contribution is 7.19. The summed E-state index contributed by atoms with van der Waals surface area (Å²) in [7, 11) is 1.67. The van der Waals surface area contributed by atoms with Crippen LogP contribution in [0.15, 0.2) is 78.9 Å². The van der Waals surface area contributed by atoms with Gasteiger partial charge in [-0.25, -0.2) is 4.98 Å². The van der Waals surface area contributed by atoms with E-state index in [1.54, 1.807) is 18.4 Å². The van der Waals surface area contributed by atoms with Crippen molar-refractivity contribution in [3.05, 3.63) is 78.9 Å². The molecule has 5 heteroatoms. The van der Waals surface area contributed by atoms with E-state index in [0.717, 1.165) is 44.0 Å². The Morgan fingerprint density at radius 3 is 2.17 bits per heavy atom. The molecule has 0 aliphatic rings. The van der Waals surface area contributed by atoms with Gasteiger partial charge in [0.25, 0.3) is 0 Å². The molecule has 0 radical (unpaired) electrons. The average Bonchev–Trinajstić information content (AvgIpc) is 3.20. The second kappa shape index (κ2) is 8.80. The summed E-state index contributed by atoms with van der Waals surface area (Å²) in [6.45, 7) is 2.64. The normalized spacial score (nSPS) is 10.6. The molecule has 146 valence electrons. The Hall–Kier alpha value is -3.31. The van der Waals surface area contributed by atoms with E-state index in [4.69, 9.17) is 14.5 Å². The van der Waals surface area contributed by atoms with Crippen LogP contribution in [0.25, 0.3) is 21.7 Å². The van der Waals surface area contributed by atoms with Crippen molar-refractivity contribution in [2.24, 2.45) is 0 Å². The van der Waals surface area contributed by atoms with Gasteiger partial charge in [0, 0.05) is 11.3 Å². The standard InChI is InChI=1S/C24H22N2O2S/c1-3-28-21-15-11-19(12-16-21)25-24-26-22(17-9-13-20(27-2)14-10-17)23(29-24)18-7-5-4-6-8-18/h4-16H,3H2,1-2H3,(H,25,26). The van der Waals surface area contributed by atoms with Gasteiger partial charge in [0.05, 0.1) is 24.3 Å². The first-order chi connectivity index (χ1) is 14.3. The van der Waals surface area contributed by atoms with E-state index >= 15 is 0 Å². The summed E-state index contributed by atoms with van der Waals surface area (Å²) in [6, 6.07) is 26.3. The molecule has 0 amide bonds. The average molecular weight is 403 g/mol. The van der Waals surface area contributed by atoms with Gasteiger partial charge in [0.15, 0.2) is 5.13 Å². The largest absolute Gasteiger partial charge is 0.497 e. The molecule has 3 aromatic carbocycles. The molecule has 0 aliphatic heterocycles. The van der Waals surface area contributed by atoms with Crippen LogP contribution < -0.4 is 14.8 Å². The molecule has 0 atom stereocenters. The number of rotatable bonds is 7. The Morgan fingerprint density at radius 2 is 1.52 bits per heavy atom. The fourth-order valence-electron chi connectivity index (χ4n) is 3.03. The lowest BCUT2D eigenvalue weighted by molar-refractivity contribution is 0.340. The minimum Gasteiger partial charge on any atom is -0.497 e. The molecule has 1 aromatic heterocycles. The van der Waals surface area contributed by atoms with Crippen LogP contribution in [0.5, 0.6) is 11.5 Å². The van der Waals surface area contributed by atoms with Crippen molar-refractivity contribution in [3.63, 3.8) is 0 Å². The second-order valence-electron chi connectivity index (χ2n) is 6.37. The molecule has 1 heterocycles. The maximum Gasteiger partial charge on any atom is 0.188 e. The zero-order chi connectivity index (χ0) is 20.1. The van der Waals surface area contributed by atoms with E-state index in [9.17, 15) is 0 Å². The van der Waals surface area contributed by atoms with Crippen LogP contribution in [0, 0.1) is 0 Å². The number of benzene rings is 3. The van der Waals surface area contributed by atoms with Gasteiger partial charge in [-0.15, -0.1) is 0 Å². The molecule has 1 N–H and O–H groups in total. The predicted molar refractivity (Wildman–Crippen MR) is 120 cm³/mol. The molecule has 0 aliphatic carbocycles. The molecule has 4 rings (SSSR count). The third kappa shape index (κ3) is 4.41. The van der Waals surface area contributed by atoms with Gasteiger partial charge in [0.2, 0.25) is 0 Å². The highest BCUT2D eigenvalue weighted by atomic mass is 32.1. The predicted octanol–water partition coefficient (Wildman–Crippen LogP) is 6.63. The van der Waals surface area contributed by atoms with Gasteiger partial charge in [-0.2, -0.15) is 0 Å². The van der Waals surface area contributed by atoms with Crippen molar-refractivity contribution in [2.45, 2.75) is 6.92 Å². The smallest absolute Gasteiger partial charge is 0.188 e. The minimum atomic E-state index is 0.658. The first-order valence-corrected chi connectivity index (χ1v) is 10.3. The van der Waals surface area contributed by atoms with Crippen molar-refractivity contribution in [1.82, 2.24) is 4.98 Å². The quantitative estimate of drug-likeness (QED) is 0.377. The Balaban J connectivity index is 1.69. The van der Waals surface area contributed by atoms with E-state index in [1.165, 1.54) is 0 Å². The lowest BCUT2D eigenvalue weighted by atomic mass is 10.1. The van der Waals surface area contributed by atoms with Crippen molar-refractivity contribution >= 4 is 22.2 Å². The zero-order valence-electron chi connectivity index (χ0n) is 16.4. The molecule has 0 spiro atoms. The van der Waals surface area contributed by atoms with Gasteiger partial charge < -0.3 is 14.8 Å². The number of aromatic nitrogens is 1. The summed E-state index contributed by atoms with van der Waals surface area (Å²) in [6.07, 6.45) is 0. The third-order valence-electron chi connectivity index (χ3n) is 4.44. The van der Waals surface area contributed by atoms with Gasteiger partial charge in [0.1, 0.15) is 11.5 Å². The van der Waals surface area contributed by atoms with Crippen LogP contribution in [0.4, 0.5) is 10.8 Å². The van der Waals surface area contributed by atoms with Crippen molar-refractivity contribution in [3.8, 4) is 33.2 Å². The number of nitrogens with zero attached hydrogens (tertiary/aromatic N) is 1. The fourth-order valence-corrected chi connectivity index (χ4v) is 4.04. The van der Waals surface area contributed by atoms with Crippen molar-refractivity contribution < 1.29 is 9.47 Å². The topological polar surface area (TPSA) is 43.4 Å². The molecule has 0 fully saturated rings. The number of hydrogen-bond acceptors (Lipinski definition) is 5. The summed E-state index contributed by atoms with van der Waals surface area (Å²) in [4.78, 5) is 6.03. The Kier molecular flexibility index (Phi) is 5.77. The SMILES string of the molecule is CCOc1ccc(Nc2nc(-c3ccc(OC)cc3)c(-c3ccccc3)s2)cc1. The number of methoxy groups -OCH3 is 1. The van der Waals surface area contributed by atoms with Gasteiger partial charge in [-0.3, -0.25) is 0 Å². The molecule has 29 heavy (non-hydrogen) atoms. The van der Waals surface area contributed by atoms with Gasteiger partial charge >= 0.3 is 0 Å². The maximum atomic E-state index is 5.52.